The fraction of sp³-hybridized carbons (Fsp3) is 0.862. The molecular formula is C29H46O2. The summed E-state index contributed by atoms with van der Waals surface area (Å²) in [5, 5.41) is 22.2. The normalized spacial score (nSPS) is 48.3. The summed E-state index contributed by atoms with van der Waals surface area (Å²) < 4.78 is 0. The number of rotatable bonds is 4. The third-order valence-corrected chi connectivity index (χ3v) is 11.3. The first-order chi connectivity index (χ1) is 14.6. The molecule has 174 valence electrons. The maximum Gasteiger partial charge on any atom is 0.0634 e. The molecule has 0 saturated heterocycles. The molecule has 5 aliphatic rings. The van der Waals surface area contributed by atoms with E-state index >= 15 is 0 Å². The zero-order valence-corrected chi connectivity index (χ0v) is 20.7. The molecule has 0 aromatic carbocycles. The number of hydrogen-bond donors (Lipinski definition) is 2. The van der Waals surface area contributed by atoms with Crippen molar-refractivity contribution in [1.29, 1.82) is 0 Å². The van der Waals surface area contributed by atoms with Crippen molar-refractivity contribution in [2.24, 2.45) is 45.8 Å². The Morgan fingerprint density at radius 3 is 2.55 bits per heavy atom. The van der Waals surface area contributed by atoms with Gasteiger partial charge in [-0.05, 0) is 118 Å². The summed E-state index contributed by atoms with van der Waals surface area (Å²) in [6, 6.07) is 0. The first-order valence-electron chi connectivity index (χ1n) is 13.3. The van der Waals surface area contributed by atoms with Gasteiger partial charge in [0.05, 0.1) is 12.2 Å². The third-order valence-electron chi connectivity index (χ3n) is 11.3. The minimum atomic E-state index is -0.128. The van der Waals surface area contributed by atoms with Crippen molar-refractivity contribution in [3.05, 3.63) is 23.3 Å². The van der Waals surface area contributed by atoms with Gasteiger partial charge in [-0.25, -0.2) is 0 Å². The molecule has 0 aromatic heterocycles. The van der Waals surface area contributed by atoms with Crippen LogP contribution in [0.1, 0.15) is 98.8 Å². The summed E-state index contributed by atoms with van der Waals surface area (Å²) in [4.78, 5) is 0. The van der Waals surface area contributed by atoms with Crippen LogP contribution < -0.4 is 0 Å². The van der Waals surface area contributed by atoms with Crippen LogP contribution in [0.2, 0.25) is 0 Å². The Hall–Kier alpha value is -0.600. The van der Waals surface area contributed by atoms with Crippen molar-refractivity contribution in [2.45, 2.75) is 111 Å². The lowest BCUT2D eigenvalue weighted by Crippen LogP contribution is -2.54. The molecule has 0 aromatic rings. The van der Waals surface area contributed by atoms with Crippen molar-refractivity contribution in [2.75, 3.05) is 0 Å². The van der Waals surface area contributed by atoms with Crippen LogP contribution in [0, 0.1) is 45.8 Å². The van der Waals surface area contributed by atoms with Gasteiger partial charge < -0.3 is 10.2 Å². The summed E-state index contributed by atoms with van der Waals surface area (Å²) >= 11 is 0. The molecule has 2 nitrogen and oxygen atoms in total. The van der Waals surface area contributed by atoms with Gasteiger partial charge in [0.2, 0.25) is 0 Å². The fourth-order valence-electron chi connectivity index (χ4n) is 9.65. The molecule has 2 heteroatoms. The van der Waals surface area contributed by atoms with E-state index in [0.29, 0.717) is 29.6 Å². The minimum Gasteiger partial charge on any atom is -0.393 e. The van der Waals surface area contributed by atoms with Crippen LogP contribution in [0.15, 0.2) is 23.3 Å². The molecule has 0 aliphatic heterocycles. The van der Waals surface area contributed by atoms with Gasteiger partial charge >= 0.3 is 0 Å². The largest absolute Gasteiger partial charge is 0.393 e. The smallest absolute Gasteiger partial charge is 0.0634 e. The number of allylic oxidation sites excluding steroid dienone is 3. The van der Waals surface area contributed by atoms with Gasteiger partial charge in [-0.3, -0.25) is 0 Å². The molecule has 0 amide bonds. The van der Waals surface area contributed by atoms with Crippen LogP contribution in [0.5, 0.6) is 0 Å². The number of aliphatic hydroxyl groups excluding tert-OH is 2. The Balaban J connectivity index is 1.41. The fourth-order valence-corrected chi connectivity index (χ4v) is 9.65. The van der Waals surface area contributed by atoms with E-state index in [1.54, 1.807) is 5.57 Å². The molecule has 5 aliphatic carbocycles. The van der Waals surface area contributed by atoms with Gasteiger partial charge in [0.25, 0.3) is 0 Å². The second-order valence-corrected chi connectivity index (χ2v) is 13.1. The topological polar surface area (TPSA) is 40.5 Å². The molecule has 31 heavy (non-hydrogen) atoms. The van der Waals surface area contributed by atoms with E-state index < -0.39 is 0 Å². The highest BCUT2D eigenvalue weighted by atomic mass is 16.3. The minimum absolute atomic E-state index is 0.111. The van der Waals surface area contributed by atoms with E-state index in [0.717, 1.165) is 25.7 Å². The summed E-state index contributed by atoms with van der Waals surface area (Å²) in [5.74, 6) is 3.12. The lowest BCUT2D eigenvalue weighted by molar-refractivity contribution is -0.0897. The van der Waals surface area contributed by atoms with Gasteiger partial charge in [-0.15, -0.1) is 0 Å². The SMILES string of the molecule is CC(C)=CCC[C@@H](C)[C@H]1C[C@H](O)[C@H]2[C@@H]3CC=C4C5(CC5)[C@@H](O)CC[C@]4(C)[C@H]3CC[C@@]21C. The molecule has 0 unspecified atom stereocenters. The quantitative estimate of drug-likeness (QED) is 0.493. The maximum atomic E-state index is 11.4. The molecule has 0 radical (unpaired) electrons. The predicted octanol–water partition coefficient (Wildman–Crippen LogP) is 6.67. The Morgan fingerprint density at radius 2 is 1.87 bits per heavy atom. The Bertz CT molecular complexity index is 772. The standard InChI is InChI=1S/C29H46O2/c1-18(2)7-6-8-19(3)22-17-23(30)26-20-9-10-24-27(4,21(20)11-13-28(22,26)5)14-12-25(31)29(24)15-16-29/h7,10,19-23,25-26,30-31H,6,8-9,11-17H2,1-5H3/t19-,20-,21+,22-,23+,25+,26-,27-,28-/m1/s1. The molecule has 4 fully saturated rings. The van der Waals surface area contributed by atoms with Crippen molar-refractivity contribution in [3.63, 3.8) is 0 Å². The Kier molecular flexibility index (Phi) is 5.34. The molecule has 2 N–H and O–H groups in total. The van der Waals surface area contributed by atoms with Crippen LogP contribution in [0.4, 0.5) is 0 Å². The molecule has 5 rings (SSSR count). The third kappa shape index (κ3) is 3.17. The lowest BCUT2D eigenvalue weighted by atomic mass is 9.45. The highest BCUT2D eigenvalue weighted by Crippen LogP contribution is 2.72. The average molecular weight is 427 g/mol. The van der Waals surface area contributed by atoms with Crippen LogP contribution in [0.3, 0.4) is 0 Å². The molecule has 9 atom stereocenters. The van der Waals surface area contributed by atoms with E-state index in [1.165, 1.54) is 44.1 Å². The zero-order valence-electron chi connectivity index (χ0n) is 20.7. The van der Waals surface area contributed by atoms with E-state index in [9.17, 15) is 10.2 Å². The van der Waals surface area contributed by atoms with Crippen molar-refractivity contribution < 1.29 is 10.2 Å². The van der Waals surface area contributed by atoms with Gasteiger partial charge in [0, 0.05) is 5.41 Å². The van der Waals surface area contributed by atoms with Crippen LogP contribution >= 0.6 is 0 Å². The number of fused-ring (bicyclic) bond motifs is 6. The second-order valence-electron chi connectivity index (χ2n) is 13.1. The molecule has 0 heterocycles. The van der Waals surface area contributed by atoms with Crippen molar-refractivity contribution in [3.8, 4) is 0 Å². The van der Waals surface area contributed by atoms with E-state index in [-0.39, 0.29) is 28.5 Å². The van der Waals surface area contributed by atoms with Crippen molar-refractivity contribution in [1.82, 2.24) is 0 Å². The van der Waals surface area contributed by atoms with Crippen LogP contribution in [-0.4, -0.2) is 22.4 Å². The molecule has 4 saturated carbocycles. The predicted molar refractivity (Wildman–Crippen MR) is 127 cm³/mol. The summed E-state index contributed by atoms with van der Waals surface area (Å²) in [6.45, 7) is 11.9. The zero-order chi connectivity index (χ0) is 22.2. The Labute approximate surface area is 190 Å². The first-order valence-corrected chi connectivity index (χ1v) is 13.3. The van der Waals surface area contributed by atoms with E-state index in [2.05, 4.69) is 46.8 Å². The summed E-state index contributed by atoms with van der Waals surface area (Å²) in [6.07, 6.45) is 16.4. The lowest BCUT2D eigenvalue weighted by Gasteiger charge is -2.60. The number of aliphatic hydroxyl groups is 2. The van der Waals surface area contributed by atoms with E-state index in [4.69, 9.17) is 0 Å². The Morgan fingerprint density at radius 1 is 1.13 bits per heavy atom. The average Bonchev–Trinajstić information content (AvgIpc) is 3.44. The summed E-state index contributed by atoms with van der Waals surface area (Å²) in [7, 11) is 0. The number of hydrogen-bond acceptors (Lipinski definition) is 2. The van der Waals surface area contributed by atoms with Gasteiger partial charge in [0.1, 0.15) is 0 Å². The van der Waals surface area contributed by atoms with Crippen LogP contribution in [-0.2, 0) is 0 Å². The molecule has 0 bridgehead atoms. The maximum absolute atomic E-state index is 11.4. The summed E-state index contributed by atoms with van der Waals surface area (Å²) in [5.41, 5.74) is 3.73. The van der Waals surface area contributed by atoms with Crippen molar-refractivity contribution >= 4 is 0 Å². The van der Waals surface area contributed by atoms with Gasteiger partial charge in [-0.2, -0.15) is 0 Å². The molecular weight excluding hydrogens is 380 g/mol. The highest BCUT2D eigenvalue weighted by molar-refractivity contribution is 5.37. The van der Waals surface area contributed by atoms with Gasteiger partial charge in [0.15, 0.2) is 0 Å². The van der Waals surface area contributed by atoms with Gasteiger partial charge in [-0.1, -0.05) is 44.1 Å². The molecule has 1 spiro atoms. The van der Waals surface area contributed by atoms with Crippen LogP contribution in [0.25, 0.3) is 0 Å². The van der Waals surface area contributed by atoms with E-state index in [1.807, 2.05) is 0 Å². The second kappa shape index (κ2) is 7.45. The highest BCUT2D eigenvalue weighted by Gasteiger charge is 2.66. The first kappa shape index (κ1) is 22.2. The monoisotopic (exact) mass is 426 g/mol.